The molecule has 102 valence electrons. The van der Waals surface area contributed by atoms with E-state index in [0.717, 1.165) is 4.90 Å². The van der Waals surface area contributed by atoms with Crippen molar-refractivity contribution in [3.8, 4) is 0 Å². The zero-order chi connectivity index (χ0) is 14.4. The number of aromatic amines is 1. The highest BCUT2D eigenvalue weighted by atomic mass is 35.5. The van der Waals surface area contributed by atoms with Crippen molar-refractivity contribution >= 4 is 40.2 Å². The number of hydrogen-bond donors (Lipinski definition) is 1. The third kappa shape index (κ3) is 1.89. The number of carbonyl (C=O) groups excluding carboxylic acids is 2. The molecule has 1 aromatic carbocycles. The number of halogens is 2. The van der Waals surface area contributed by atoms with E-state index in [2.05, 4.69) is 9.98 Å². The normalized spacial score (nSPS) is 15.3. The second-order valence-electron chi connectivity index (χ2n) is 4.51. The summed E-state index contributed by atoms with van der Waals surface area (Å²) in [4.78, 5) is 30.7. The van der Waals surface area contributed by atoms with E-state index in [1.807, 2.05) is 0 Å². The first-order valence-corrected chi connectivity index (χ1v) is 6.19. The topological polar surface area (TPSA) is 65.5 Å². The average Bonchev–Trinajstić information content (AvgIpc) is 2.88. The highest BCUT2D eigenvalue weighted by Gasteiger charge is 2.30. The number of amides is 3. The Balaban J connectivity index is 2.03. The van der Waals surface area contributed by atoms with E-state index in [1.54, 1.807) is 6.20 Å². The van der Waals surface area contributed by atoms with Crippen LogP contribution in [-0.4, -0.2) is 34.6 Å². The average molecular weight is 294 g/mol. The van der Waals surface area contributed by atoms with E-state index >= 15 is 0 Å². The first-order chi connectivity index (χ1) is 9.47. The van der Waals surface area contributed by atoms with Crippen molar-refractivity contribution in [3.05, 3.63) is 34.7 Å². The van der Waals surface area contributed by atoms with Crippen molar-refractivity contribution in [2.75, 3.05) is 7.05 Å². The van der Waals surface area contributed by atoms with Gasteiger partial charge in [0.15, 0.2) is 0 Å². The quantitative estimate of drug-likeness (QED) is 0.924. The van der Waals surface area contributed by atoms with Crippen LogP contribution in [0.15, 0.2) is 23.3 Å². The Bertz CT molecular complexity index is 781. The van der Waals surface area contributed by atoms with Crippen molar-refractivity contribution in [3.63, 3.8) is 0 Å². The van der Waals surface area contributed by atoms with E-state index in [9.17, 15) is 14.0 Å². The minimum absolute atomic E-state index is 0.138. The molecular formula is C13H9ClFN3O2. The molecule has 0 atom stereocenters. The Morgan fingerprint density at radius 3 is 2.80 bits per heavy atom. The van der Waals surface area contributed by atoms with Gasteiger partial charge in [0, 0.05) is 25.1 Å². The summed E-state index contributed by atoms with van der Waals surface area (Å²) in [5.74, 6) is -0.900. The van der Waals surface area contributed by atoms with Crippen molar-refractivity contribution in [1.29, 1.82) is 0 Å². The van der Waals surface area contributed by atoms with Crippen LogP contribution >= 0.6 is 11.6 Å². The Hall–Kier alpha value is -2.21. The van der Waals surface area contributed by atoms with Crippen LogP contribution in [0.1, 0.15) is 5.56 Å². The Morgan fingerprint density at radius 1 is 1.40 bits per heavy atom. The lowest BCUT2D eigenvalue weighted by Crippen LogP contribution is -2.29. The maximum absolute atomic E-state index is 13.4. The molecule has 0 bridgehead atoms. The fourth-order valence-corrected chi connectivity index (χ4v) is 2.43. The van der Waals surface area contributed by atoms with Gasteiger partial charge >= 0.3 is 6.03 Å². The predicted molar refractivity (Wildman–Crippen MR) is 72.6 cm³/mol. The molecule has 1 aromatic heterocycles. The summed E-state index contributed by atoms with van der Waals surface area (Å²) in [5, 5.41) is 0.839. The van der Waals surface area contributed by atoms with Gasteiger partial charge in [-0.05, 0) is 17.7 Å². The first kappa shape index (κ1) is 12.8. The molecule has 0 saturated heterocycles. The number of imide groups is 1. The van der Waals surface area contributed by atoms with Crippen LogP contribution in [0, 0.1) is 5.82 Å². The number of benzene rings is 1. The molecule has 5 nitrogen and oxygen atoms in total. The standard InChI is InChI=1S/C13H9ClFN3O2/c1-18-12(19)10(17-13(18)20)2-6-5-16-11-8(6)3-7(15)4-9(11)14/h3-5,16H,2H2,1H3. The molecule has 0 radical (unpaired) electrons. The number of urea groups is 1. The van der Waals surface area contributed by atoms with Crippen LogP contribution in [0.4, 0.5) is 9.18 Å². The molecule has 1 aliphatic rings. The number of fused-ring (bicyclic) bond motifs is 1. The lowest BCUT2D eigenvalue weighted by atomic mass is 10.1. The fraction of sp³-hybridized carbons (Fsp3) is 0.154. The predicted octanol–water partition coefficient (Wildman–Crippen LogP) is 2.54. The van der Waals surface area contributed by atoms with E-state index in [0.29, 0.717) is 16.5 Å². The highest BCUT2D eigenvalue weighted by Crippen LogP contribution is 2.27. The zero-order valence-electron chi connectivity index (χ0n) is 10.4. The van der Waals surface area contributed by atoms with E-state index in [1.165, 1.54) is 19.2 Å². The van der Waals surface area contributed by atoms with Gasteiger partial charge in [-0.25, -0.2) is 9.18 Å². The monoisotopic (exact) mass is 293 g/mol. The van der Waals surface area contributed by atoms with Crippen LogP contribution < -0.4 is 0 Å². The minimum atomic E-state index is -0.589. The van der Waals surface area contributed by atoms with Gasteiger partial charge in [0.2, 0.25) is 0 Å². The lowest BCUT2D eigenvalue weighted by molar-refractivity contribution is -0.119. The number of carbonyl (C=O) groups is 2. The molecule has 1 N–H and O–H groups in total. The second-order valence-corrected chi connectivity index (χ2v) is 4.91. The SMILES string of the molecule is CN1C(=O)N=C(Cc2c[nH]c3c(Cl)cc(F)cc23)C1=O. The van der Waals surface area contributed by atoms with Crippen LogP contribution in [0.3, 0.4) is 0 Å². The largest absolute Gasteiger partial charge is 0.360 e. The summed E-state index contributed by atoms with van der Waals surface area (Å²) in [6, 6.07) is 1.95. The molecule has 0 saturated carbocycles. The maximum Gasteiger partial charge on any atom is 0.350 e. The molecule has 2 aromatic rings. The van der Waals surface area contributed by atoms with E-state index < -0.39 is 17.8 Å². The number of nitrogens with one attached hydrogen (secondary N) is 1. The summed E-state index contributed by atoms with van der Waals surface area (Å²) in [6.45, 7) is 0. The van der Waals surface area contributed by atoms with Crippen LogP contribution in [-0.2, 0) is 11.2 Å². The number of H-pyrrole nitrogens is 1. The smallest absolute Gasteiger partial charge is 0.350 e. The van der Waals surface area contributed by atoms with Crippen LogP contribution in [0.5, 0.6) is 0 Å². The minimum Gasteiger partial charge on any atom is -0.360 e. The fourth-order valence-electron chi connectivity index (χ4n) is 2.17. The zero-order valence-corrected chi connectivity index (χ0v) is 11.2. The third-order valence-corrected chi connectivity index (χ3v) is 3.52. The second kappa shape index (κ2) is 4.42. The highest BCUT2D eigenvalue weighted by molar-refractivity contribution is 6.46. The molecule has 3 rings (SSSR count). The van der Waals surface area contributed by atoms with Crippen molar-refractivity contribution in [2.45, 2.75) is 6.42 Å². The molecule has 20 heavy (non-hydrogen) atoms. The molecule has 3 amide bonds. The summed E-state index contributed by atoms with van der Waals surface area (Å²) in [6.07, 6.45) is 1.78. The number of aromatic nitrogens is 1. The molecule has 2 heterocycles. The molecular weight excluding hydrogens is 285 g/mol. The number of rotatable bonds is 2. The Kier molecular flexibility index (Phi) is 2.83. The van der Waals surface area contributed by atoms with Gasteiger partial charge in [-0.3, -0.25) is 9.69 Å². The first-order valence-electron chi connectivity index (χ1n) is 5.82. The van der Waals surface area contributed by atoms with Crippen LogP contribution in [0.2, 0.25) is 5.02 Å². The molecule has 0 unspecified atom stereocenters. The summed E-state index contributed by atoms with van der Waals surface area (Å²) < 4.78 is 13.4. The van der Waals surface area contributed by atoms with Gasteiger partial charge < -0.3 is 4.98 Å². The summed E-state index contributed by atoms with van der Waals surface area (Å²) in [7, 11) is 1.37. The Labute approximate surface area is 118 Å². The number of aliphatic imine (C=N–C) groups is 1. The molecule has 0 fully saturated rings. The van der Waals surface area contributed by atoms with Gasteiger partial charge in [0.25, 0.3) is 5.91 Å². The van der Waals surface area contributed by atoms with Gasteiger partial charge in [0.1, 0.15) is 11.5 Å². The molecule has 0 aliphatic carbocycles. The lowest BCUT2D eigenvalue weighted by Gasteiger charge is -2.03. The van der Waals surface area contributed by atoms with Gasteiger partial charge in [-0.1, -0.05) is 11.6 Å². The summed E-state index contributed by atoms with van der Waals surface area (Å²) >= 11 is 5.94. The number of nitrogens with zero attached hydrogens (tertiary/aromatic N) is 2. The molecule has 7 heteroatoms. The van der Waals surface area contributed by atoms with Gasteiger partial charge in [-0.15, -0.1) is 0 Å². The van der Waals surface area contributed by atoms with Crippen molar-refractivity contribution < 1.29 is 14.0 Å². The molecule has 1 aliphatic heterocycles. The van der Waals surface area contributed by atoms with E-state index in [-0.39, 0.29) is 17.2 Å². The molecule has 0 spiro atoms. The van der Waals surface area contributed by atoms with E-state index in [4.69, 9.17) is 11.6 Å². The van der Waals surface area contributed by atoms with Crippen molar-refractivity contribution in [2.24, 2.45) is 4.99 Å². The maximum atomic E-state index is 13.4. The Morgan fingerprint density at radius 2 is 2.15 bits per heavy atom. The summed E-state index contributed by atoms with van der Waals surface area (Å²) in [5.41, 5.74) is 1.39. The number of hydrogen-bond acceptors (Lipinski definition) is 2. The van der Waals surface area contributed by atoms with Gasteiger partial charge in [0.05, 0.1) is 10.5 Å². The van der Waals surface area contributed by atoms with Gasteiger partial charge in [-0.2, -0.15) is 4.99 Å². The van der Waals surface area contributed by atoms with Crippen molar-refractivity contribution in [1.82, 2.24) is 9.88 Å². The third-order valence-electron chi connectivity index (χ3n) is 3.22. The van der Waals surface area contributed by atoms with Crippen LogP contribution in [0.25, 0.3) is 10.9 Å².